The van der Waals surface area contributed by atoms with Crippen LogP contribution >= 0.6 is 0 Å². The number of hydrazine groups is 1. The quantitative estimate of drug-likeness (QED) is 0.287. The van der Waals surface area contributed by atoms with Crippen molar-refractivity contribution >= 4 is 5.96 Å². The smallest absolute Gasteiger partial charge is 0.206 e. The Morgan fingerprint density at radius 2 is 2.12 bits per heavy atom. The molecule has 1 rings (SSSR count). The fourth-order valence-corrected chi connectivity index (χ4v) is 2.03. The lowest BCUT2D eigenvalue weighted by atomic mass is 9.96. The van der Waals surface area contributed by atoms with Gasteiger partial charge in [-0.1, -0.05) is 19.3 Å². The second-order valence-corrected chi connectivity index (χ2v) is 4.41. The third-order valence-corrected chi connectivity index (χ3v) is 2.82. The van der Waals surface area contributed by atoms with Crippen molar-refractivity contribution in [1.29, 1.82) is 0 Å². The van der Waals surface area contributed by atoms with E-state index in [1.165, 1.54) is 32.1 Å². The first-order valence-electron chi connectivity index (χ1n) is 6.06. The van der Waals surface area contributed by atoms with Crippen LogP contribution in [0.4, 0.5) is 0 Å². The molecule has 0 heterocycles. The third-order valence-electron chi connectivity index (χ3n) is 2.82. The summed E-state index contributed by atoms with van der Waals surface area (Å²) in [6.07, 6.45) is 6.24. The average Bonchev–Trinajstić information content (AvgIpc) is 2.30. The Labute approximate surface area is 97.8 Å². The van der Waals surface area contributed by atoms with E-state index in [2.05, 4.69) is 15.7 Å². The Balaban J connectivity index is 2.41. The van der Waals surface area contributed by atoms with Crippen molar-refractivity contribution in [3.8, 4) is 0 Å². The summed E-state index contributed by atoms with van der Waals surface area (Å²) in [7, 11) is 1.69. The number of nitrogens with two attached hydrogens (primary N) is 1. The second kappa shape index (κ2) is 7.46. The Morgan fingerprint density at radius 3 is 2.69 bits per heavy atom. The fraction of sp³-hybridized carbons (Fsp3) is 0.909. The van der Waals surface area contributed by atoms with Crippen LogP contribution in [0.1, 0.15) is 39.0 Å². The number of aliphatic imine (C=N–C) groups is 1. The van der Waals surface area contributed by atoms with Gasteiger partial charge in [0, 0.05) is 13.2 Å². The topological polar surface area (TPSA) is 71.7 Å². The number of hydrogen-bond acceptors (Lipinski definition) is 3. The van der Waals surface area contributed by atoms with E-state index in [1.54, 1.807) is 7.11 Å². The minimum absolute atomic E-state index is 0.211. The predicted molar refractivity (Wildman–Crippen MR) is 66.1 cm³/mol. The number of rotatable bonds is 4. The van der Waals surface area contributed by atoms with E-state index in [0.29, 0.717) is 18.6 Å². The number of nitrogens with zero attached hydrogens (tertiary/aromatic N) is 1. The second-order valence-electron chi connectivity index (χ2n) is 4.41. The Bertz CT molecular complexity index is 214. The van der Waals surface area contributed by atoms with Gasteiger partial charge < -0.3 is 10.1 Å². The molecular formula is C11H24N4O. The molecule has 0 aliphatic heterocycles. The van der Waals surface area contributed by atoms with E-state index in [-0.39, 0.29) is 6.04 Å². The van der Waals surface area contributed by atoms with Gasteiger partial charge in [0.25, 0.3) is 0 Å². The standard InChI is InChI=1S/C11H24N4O/c1-9(8-16-2)13-11(15-12)14-10-6-4-3-5-7-10/h9-10H,3-8,12H2,1-2H3,(H2,13,14,15). The highest BCUT2D eigenvalue weighted by Crippen LogP contribution is 2.19. The molecule has 0 aromatic rings. The minimum Gasteiger partial charge on any atom is -0.383 e. The Morgan fingerprint density at radius 1 is 1.44 bits per heavy atom. The first-order valence-corrected chi connectivity index (χ1v) is 6.06. The summed E-state index contributed by atoms with van der Waals surface area (Å²) in [4.78, 5) is 4.59. The highest BCUT2D eigenvalue weighted by atomic mass is 16.5. The van der Waals surface area contributed by atoms with Crippen molar-refractivity contribution < 1.29 is 4.74 Å². The summed E-state index contributed by atoms with van der Waals surface area (Å²) in [5, 5.41) is 3.20. The maximum absolute atomic E-state index is 5.45. The Hall–Kier alpha value is -0.810. The molecule has 1 unspecified atom stereocenters. The number of hydrogen-bond donors (Lipinski definition) is 3. The molecule has 0 aromatic heterocycles. The minimum atomic E-state index is 0.211. The summed E-state index contributed by atoms with van der Waals surface area (Å²) >= 11 is 0. The lowest BCUT2D eigenvalue weighted by Gasteiger charge is -2.21. The van der Waals surface area contributed by atoms with Crippen molar-refractivity contribution in [3.05, 3.63) is 0 Å². The zero-order valence-electron chi connectivity index (χ0n) is 10.3. The fourth-order valence-electron chi connectivity index (χ4n) is 2.03. The normalized spacial score (nSPS) is 20.6. The maximum Gasteiger partial charge on any atom is 0.206 e. The molecule has 5 heteroatoms. The lowest BCUT2D eigenvalue weighted by Crippen LogP contribution is -2.47. The van der Waals surface area contributed by atoms with Crippen molar-refractivity contribution in [2.24, 2.45) is 10.8 Å². The third kappa shape index (κ3) is 4.81. The molecule has 0 saturated heterocycles. The van der Waals surface area contributed by atoms with Crippen LogP contribution in [0.15, 0.2) is 4.99 Å². The molecule has 94 valence electrons. The highest BCUT2D eigenvalue weighted by Gasteiger charge is 2.13. The van der Waals surface area contributed by atoms with Crippen molar-refractivity contribution in [2.45, 2.75) is 51.1 Å². The van der Waals surface area contributed by atoms with Gasteiger partial charge in [-0.2, -0.15) is 0 Å². The van der Waals surface area contributed by atoms with E-state index < -0.39 is 0 Å². The molecule has 1 aliphatic rings. The number of nitrogens with one attached hydrogen (secondary N) is 2. The molecule has 0 amide bonds. The molecule has 5 nitrogen and oxygen atoms in total. The predicted octanol–water partition coefficient (Wildman–Crippen LogP) is 0.763. The van der Waals surface area contributed by atoms with Gasteiger partial charge >= 0.3 is 0 Å². The molecule has 0 aromatic carbocycles. The van der Waals surface area contributed by atoms with Gasteiger partial charge in [-0.25, -0.2) is 10.8 Å². The van der Waals surface area contributed by atoms with Crippen LogP contribution in [0.25, 0.3) is 0 Å². The number of methoxy groups -OCH3 is 1. The summed E-state index contributed by atoms with van der Waals surface area (Å²) in [6, 6.07) is 0.630. The van der Waals surface area contributed by atoms with Gasteiger partial charge in [-0.05, 0) is 19.8 Å². The molecular weight excluding hydrogens is 204 g/mol. The summed E-state index contributed by atoms with van der Waals surface area (Å²) < 4.78 is 5.05. The van der Waals surface area contributed by atoms with Crippen LogP contribution < -0.4 is 16.6 Å². The highest BCUT2D eigenvalue weighted by molar-refractivity contribution is 5.79. The van der Waals surface area contributed by atoms with Crippen LogP contribution in [-0.2, 0) is 4.74 Å². The first kappa shape index (κ1) is 13.3. The summed E-state index contributed by atoms with van der Waals surface area (Å²) in [5.41, 5.74) is 2.62. The van der Waals surface area contributed by atoms with Crippen LogP contribution in [0.5, 0.6) is 0 Å². The lowest BCUT2D eigenvalue weighted by molar-refractivity contribution is 0.179. The molecule has 16 heavy (non-hydrogen) atoms. The molecule has 1 fully saturated rings. The monoisotopic (exact) mass is 228 g/mol. The first-order chi connectivity index (χ1) is 7.76. The van der Waals surface area contributed by atoms with E-state index in [1.807, 2.05) is 6.92 Å². The zero-order chi connectivity index (χ0) is 11.8. The largest absolute Gasteiger partial charge is 0.383 e. The van der Waals surface area contributed by atoms with Crippen LogP contribution in [0.2, 0.25) is 0 Å². The van der Waals surface area contributed by atoms with Crippen molar-refractivity contribution in [3.63, 3.8) is 0 Å². The van der Waals surface area contributed by atoms with Gasteiger partial charge in [-0.15, -0.1) is 0 Å². The average molecular weight is 228 g/mol. The van der Waals surface area contributed by atoms with Crippen molar-refractivity contribution in [2.75, 3.05) is 13.7 Å². The van der Waals surface area contributed by atoms with E-state index >= 15 is 0 Å². The van der Waals surface area contributed by atoms with E-state index in [9.17, 15) is 0 Å². The number of ether oxygens (including phenoxy) is 1. The molecule has 0 spiro atoms. The summed E-state index contributed by atoms with van der Waals surface area (Å²) in [5.74, 6) is 6.13. The SMILES string of the molecule is COCC(C)NC(=NC1CCCCC1)NN. The van der Waals surface area contributed by atoms with Crippen LogP contribution in [0.3, 0.4) is 0 Å². The van der Waals surface area contributed by atoms with Crippen LogP contribution in [0, 0.1) is 0 Å². The molecule has 1 saturated carbocycles. The van der Waals surface area contributed by atoms with Gasteiger partial charge in [0.15, 0.2) is 0 Å². The number of guanidine groups is 1. The maximum atomic E-state index is 5.45. The Kier molecular flexibility index (Phi) is 6.18. The van der Waals surface area contributed by atoms with E-state index in [4.69, 9.17) is 10.6 Å². The zero-order valence-corrected chi connectivity index (χ0v) is 10.3. The molecule has 4 N–H and O–H groups in total. The van der Waals surface area contributed by atoms with Crippen LogP contribution in [-0.4, -0.2) is 31.8 Å². The molecule has 0 radical (unpaired) electrons. The van der Waals surface area contributed by atoms with Gasteiger partial charge in [0.05, 0.1) is 12.6 Å². The molecule has 1 atom stereocenters. The molecule has 0 bridgehead atoms. The van der Waals surface area contributed by atoms with Gasteiger partial charge in [-0.3, -0.25) is 5.43 Å². The van der Waals surface area contributed by atoms with E-state index in [0.717, 1.165) is 0 Å². The van der Waals surface area contributed by atoms with Crippen molar-refractivity contribution in [1.82, 2.24) is 10.7 Å². The molecule has 1 aliphatic carbocycles. The van der Waals surface area contributed by atoms with Gasteiger partial charge in [0.1, 0.15) is 0 Å². The van der Waals surface area contributed by atoms with Gasteiger partial charge in [0.2, 0.25) is 5.96 Å². The summed E-state index contributed by atoms with van der Waals surface area (Å²) in [6.45, 7) is 2.68.